The molecule has 0 amide bonds. The number of esters is 1. The van der Waals surface area contributed by atoms with Gasteiger partial charge in [-0.2, -0.15) is 0 Å². The van der Waals surface area contributed by atoms with Gasteiger partial charge in [0.05, 0.1) is 27.7 Å². The van der Waals surface area contributed by atoms with Gasteiger partial charge in [-0.1, -0.05) is 0 Å². The van der Waals surface area contributed by atoms with E-state index < -0.39 is 5.97 Å². The Kier molecular flexibility index (Phi) is 5.96. The molecule has 0 unspecified atom stereocenters. The van der Waals surface area contributed by atoms with Gasteiger partial charge in [0.25, 0.3) is 0 Å². The lowest BCUT2D eigenvalue weighted by atomic mass is 10.5. The van der Waals surface area contributed by atoms with E-state index in [1.807, 2.05) is 21.1 Å². The van der Waals surface area contributed by atoms with Crippen LogP contribution in [0.15, 0.2) is 12.3 Å². The Balaban J connectivity index is 3.70. The fourth-order valence-electron chi connectivity index (χ4n) is 0.720. The number of carbonyl (C=O) groups excluding carboxylic acids is 1. The van der Waals surface area contributed by atoms with Crippen molar-refractivity contribution in [3.8, 4) is 0 Å². The number of rotatable bonds is 7. The standard InChI is InChI=1S/C10H20NO4/c1-9(10(13)15-8-6-12)14-7-5-11(2,3)4/h12H,1,5-8H2,2-4H3/q+1. The first kappa shape index (κ1) is 13.9. The summed E-state index contributed by atoms with van der Waals surface area (Å²) in [4.78, 5) is 11.1. The average molecular weight is 218 g/mol. The van der Waals surface area contributed by atoms with Gasteiger partial charge in [-0.3, -0.25) is 0 Å². The Labute approximate surface area is 90.5 Å². The maximum atomic E-state index is 11.1. The molecule has 0 aromatic rings. The van der Waals surface area contributed by atoms with Crippen LogP contribution in [0.4, 0.5) is 0 Å². The highest BCUT2D eigenvalue weighted by atomic mass is 16.6. The minimum absolute atomic E-state index is 0.0168. The number of nitrogens with zero attached hydrogens (tertiary/aromatic N) is 1. The van der Waals surface area contributed by atoms with E-state index in [0.717, 1.165) is 11.0 Å². The van der Waals surface area contributed by atoms with Crippen molar-refractivity contribution in [3.63, 3.8) is 0 Å². The monoisotopic (exact) mass is 218 g/mol. The van der Waals surface area contributed by atoms with Gasteiger partial charge in [0.2, 0.25) is 0 Å². The fourth-order valence-corrected chi connectivity index (χ4v) is 0.720. The lowest BCUT2D eigenvalue weighted by molar-refractivity contribution is -0.870. The highest BCUT2D eigenvalue weighted by molar-refractivity contribution is 5.85. The van der Waals surface area contributed by atoms with Gasteiger partial charge in [-0.15, -0.1) is 0 Å². The van der Waals surface area contributed by atoms with Crippen molar-refractivity contribution in [2.75, 3.05) is 47.5 Å². The summed E-state index contributed by atoms with van der Waals surface area (Å²) < 4.78 is 10.5. The van der Waals surface area contributed by atoms with Crippen LogP contribution in [0.25, 0.3) is 0 Å². The Morgan fingerprint density at radius 3 is 2.33 bits per heavy atom. The van der Waals surface area contributed by atoms with E-state index in [2.05, 4.69) is 11.3 Å². The van der Waals surface area contributed by atoms with E-state index in [4.69, 9.17) is 9.84 Å². The molecule has 15 heavy (non-hydrogen) atoms. The molecule has 0 heterocycles. The van der Waals surface area contributed by atoms with Gasteiger partial charge in [-0.25, -0.2) is 4.79 Å². The predicted octanol–water partition coefficient (Wildman–Crippen LogP) is -0.242. The zero-order valence-electron chi connectivity index (χ0n) is 9.65. The van der Waals surface area contributed by atoms with Crippen LogP contribution in [0.2, 0.25) is 0 Å². The zero-order chi connectivity index (χ0) is 11.9. The summed E-state index contributed by atoms with van der Waals surface area (Å²) in [7, 11) is 6.07. The third-order valence-corrected chi connectivity index (χ3v) is 1.59. The molecule has 1 N–H and O–H groups in total. The largest absolute Gasteiger partial charge is 0.481 e. The highest BCUT2D eigenvalue weighted by Crippen LogP contribution is 1.99. The molecule has 0 saturated heterocycles. The second-order valence-electron chi connectivity index (χ2n) is 4.15. The Bertz CT molecular complexity index is 220. The van der Waals surface area contributed by atoms with Gasteiger partial charge in [0.1, 0.15) is 19.8 Å². The quantitative estimate of drug-likeness (QED) is 0.277. The smallest absolute Gasteiger partial charge is 0.373 e. The number of quaternary nitrogens is 1. The molecule has 0 aliphatic carbocycles. The molecule has 0 aliphatic rings. The molecule has 0 aromatic heterocycles. The molecular formula is C10H20NO4+. The van der Waals surface area contributed by atoms with Crippen molar-refractivity contribution in [2.45, 2.75) is 0 Å². The summed E-state index contributed by atoms with van der Waals surface area (Å²) in [6.45, 7) is 4.40. The van der Waals surface area contributed by atoms with Crippen LogP contribution >= 0.6 is 0 Å². The topological polar surface area (TPSA) is 55.8 Å². The SMILES string of the molecule is C=C(OCC[N+](C)(C)C)C(=O)OCCO. The molecule has 0 aromatic carbocycles. The van der Waals surface area contributed by atoms with Crippen molar-refractivity contribution >= 4 is 5.97 Å². The van der Waals surface area contributed by atoms with Crippen LogP contribution in [-0.2, 0) is 14.3 Å². The van der Waals surface area contributed by atoms with Crippen molar-refractivity contribution in [1.82, 2.24) is 0 Å². The molecule has 0 bridgehead atoms. The van der Waals surface area contributed by atoms with E-state index in [0.29, 0.717) is 6.61 Å². The van der Waals surface area contributed by atoms with E-state index in [9.17, 15) is 4.79 Å². The summed E-state index contributed by atoms with van der Waals surface area (Å²) >= 11 is 0. The molecule has 0 spiro atoms. The minimum Gasteiger partial charge on any atom is -0.481 e. The second kappa shape index (κ2) is 6.42. The van der Waals surface area contributed by atoms with E-state index in [-0.39, 0.29) is 19.0 Å². The normalized spacial score (nSPS) is 10.9. The lowest BCUT2D eigenvalue weighted by Gasteiger charge is -2.23. The molecular weight excluding hydrogens is 198 g/mol. The van der Waals surface area contributed by atoms with E-state index in [1.54, 1.807) is 0 Å². The number of hydrogen-bond acceptors (Lipinski definition) is 4. The molecule has 0 rings (SSSR count). The predicted molar refractivity (Wildman–Crippen MR) is 56.0 cm³/mol. The van der Waals surface area contributed by atoms with Gasteiger partial charge in [0, 0.05) is 0 Å². The molecule has 0 saturated carbocycles. The van der Waals surface area contributed by atoms with Crippen LogP contribution in [0.5, 0.6) is 0 Å². The average Bonchev–Trinajstić information content (AvgIpc) is 2.11. The first-order valence-corrected chi connectivity index (χ1v) is 4.77. The summed E-state index contributed by atoms with van der Waals surface area (Å²) in [6, 6.07) is 0. The number of likely N-dealkylation sites (N-methyl/N-ethyl adjacent to an activating group) is 1. The molecule has 0 fully saturated rings. The van der Waals surface area contributed by atoms with Gasteiger partial charge >= 0.3 is 5.97 Å². The third kappa shape index (κ3) is 7.96. The van der Waals surface area contributed by atoms with Gasteiger partial charge in [0.15, 0.2) is 5.76 Å². The molecule has 0 atom stereocenters. The minimum atomic E-state index is -0.620. The van der Waals surface area contributed by atoms with Crippen molar-refractivity contribution in [1.29, 1.82) is 0 Å². The molecule has 5 heteroatoms. The number of hydrogen-bond donors (Lipinski definition) is 1. The van der Waals surface area contributed by atoms with Crippen LogP contribution in [0, 0.1) is 0 Å². The molecule has 0 radical (unpaired) electrons. The van der Waals surface area contributed by atoms with Crippen LogP contribution in [0.1, 0.15) is 0 Å². The summed E-state index contributed by atoms with van der Waals surface area (Å²) in [5, 5.41) is 8.43. The van der Waals surface area contributed by atoms with Crippen LogP contribution < -0.4 is 0 Å². The maximum Gasteiger partial charge on any atom is 0.373 e. The summed E-state index contributed by atoms with van der Waals surface area (Å²) in [5.41, 5.74) is 0. The number of carbonyl (C=O) groups is 1. The number of aliphatic hydroxyl groups excluding tert-OH is 1. The lowest BCUT2D eigenvalue weighted by Crippen LogP contribution is -2.37. The number of ether oxygens (including phenoxy) is 2. The Morgan fingerprint density at radius 2 is 1.87 bits per heavy atom. The maximum absolute atomic E-state index is 11.1. The van der Waals surface area contributed by atoms with Crippen molar-refractivity contribution < 1.29 is 23.9 Å². The fraction of sp³-hybridized carbons (Fsp3) is 0.700. The Hall–Kier alpha value is -1.07. The van der Waals surface area contributed by atoms with Gasteiger partial charge < -0.3 is 19.1 Å². The van der Waals surface area contributed by atoms with E-state index in [1.165, 1.54) is 0 Å². The molecule has 88 valence electrons. The summed E-state index contributed by atoms with van der Waals surface area (Å²) in [6.07, 6.45) is 0. The molecule has 5 nitrogen and oxygen atoms in total. The van der Waals surface area contributed by atoms with E-state index >= 15 is 0 Å². The van der Waals surface area contributed by atoms with Gasteiger partial charge in [-0.05, 0) is 6.58 Å². The highest BCUT2D eigenvalue weighted by Gasteiger charge is 2.12. The van der Waals surface area contributed by atoms with Crippen molar-refractivity contribution in [2.24, 2.45) is 0 Å². The Morgan fingerprint density at radius 1 is 1.27 bits per heavy atom. The van der Waals surface area contributed by atoms with Crippen LogP contribution in [0.3, 0.4) is 0 Å². The van der Waals surface area contributed by atoms with Crippen molar-refractivity contribution in [3.05, 3.63) is 12.3 Å². The third-order valence-electron chi connectivity index (χ3n) is 1.59. The molecule has 0 aliphatic heterocycles. The first-order chi connectivity index (χ1) is 6.87. The first-order valence-electron chi connectivity index (χ1n) is 4.77. The van der Waals surface area contributed by atoms with Crippen LogP contribution in [-0.4, -0.2) is 63.1 Å². The number of aliphatic hydroxyl groups is 1. The summed E-state index contributed by atoms with van der Waals surface area (Å²) in [5.74, 6) is -0.637. The second-order valence-corrected chi connectivity index (χ2v) is 4.15. The zero-order valence-corrected chi connectivity index (χ0v) is 9.65.